The Labute approximate surface area is 182 Å². The van der Waals surface area contributed by atoms with Crippen molar-refractivity contribution in [2.45, 2.75) is 58.3 Å². The van der Waals surface area contributed by atoms with Crippen LogP contribution in [-0.4, -0.2) is 57.9 Å². The molecule has 0 heterocycles. The highest BCUT2D eigenvalue weighted by molar-refractivity contribution is 5.94. The first kappa shape index (κ1) is 22.1. The zero-order chi connectivity index (χ0) is 22.9. The molecule has 0 aromatic heterocycles. The van der Waals surface area contributed by atoms with Crippen molar-refractivity contribution >= 4 is 5.97 Å². The van der Waals surface area contributed by atoms with Crippen LogP contribution in [0.2, 0.25) is 0 Å². The van der Waals surface area contributed by atoms with Crippen LogP contribution in [0, 0.1) is 29.6 Å². The summed E-state index contributed by atoms with van der Waals surface area (Å²) in [7, 11) is 1.47. The van der Waals surface area contributed by atoms with Gasteiger partial charge in [0, 0.05) is 17.4 Å². The van der Waals surface area contributed by atoms with Gasteiger partial charge in [-0.3, -0.25) is 0 Å². The molecule has 2 saturated carbocycles. The Morgan fingerprint density at radius 3 is 2.45 bits per heavy atom. The third-order valence-electron chi connectivity index (χ3n) is 8.06. The Hall–Kier alpha value is -2.09. The number of phenols is 1. The van der Waals surface area contributed by atoms with Crippen LogP contribution in [0.3, 0.4) is 0 Å². The molecule has 3 aliphatic rings. The van der Waals surface area contributed by atoms with E-state index in [4.69, 9.17) is 9.47 Å². The molecular formula is C24H32O7. The second-order valence-corrected chi connectivity index (χ2v) is 10.3. The zero-order valence-electron chi connectivity index (χ0n) is 18.7. The molecule has 7 nitrogen and oxygen atoms in total. The number of aliphatic hydroxyl groups is 3. The number of aryl methyl sites for hydroxylation is 1. The van der Waals surface area contributed by atoms with Gasteiger partial charge < -0.3 is 29.9 Å². The number of aliphatic hydroxyl groups excluding tert-OH is 2. The molecular weight excluding hydrogens is 400 g/mol. The van der Waals surface area contributed by atoms with Gasteiger partial charge in [-0.1, -0.05) is 26.8 Å². The first-order valence-corrected chi connectivity index (χ1v) is 10.7. The standard InChI is InChI=1S/C24H32O7/c1-12-6-15(30-5)8-16(25)18(12)21(28)31-11-14-7-13-9-22(2,3)20(27)19(13)23(4)10-17(26)24(14,23)29/h6-8,13,17,19-20,25-27,29H,9-11H2,1-5H3/t13-,17-,19?,20-,23-,24+/m1/s1. The van der Waals surface area contributed by atoms with E-state index in [0.717, 1.165) is 6.42 Å². The molecule has 0 saturated heterocycles. The number of benzene rings is 1. The van der Waals surface area contributed by atoms with Gasteiger partial charge >= 0.3 is 5.97 Å². The topological polar surface area (TPSA) is 116 Å². The van der Waals surface area contributed by atoms with E-state index in [9.17, 15) is 25.2 Å². The van der Waals surface area contributed by atoms with Crippen molar-refractivity contribution < 1.29 is 34.7 Å². The number of hydrogen-bond acceptors (Lipinski definition) is 7. The highest BCUT2D eigenvalue weighted by atomic mass is 16.5. The van der Waals surface area contributed by atoms with Gasteiger partial charge in [0.25, 0.3) is 0 Å². The summed E-state index contributed by atoms with van der Waals surface area (Å²) in [6, 6.07) is 2.97. The van der Waals surface area contributed by atoms with Crippen LogP contribution in [-0.2, 0) is 4.74 Å². The fraction of sp³-hybridized carbons (Fsp3) is 0.625. The molecule has 31 heavy (non-hydrogen) atoms. The molecule has 4 N–H and O–H groups in total. The molecule has 4 rings (SSSR count). The van der Waals surface area contributed by atoms with Crippen molar-refractivity contribution in [3.05, 3.63) is 34.9 Å². The number of carbonyl (C=O) groups is 1. The van der Waals surface area contributed by atoms with E-state index in [2.05, 4.69) is 0 Å². The van der Waals surface area contributed by atoms with E-state index in [0.29, 0.717) is 23.3 Å². The van der Waals surface area contributed by atoms with Crippen LogP contribution in [0.5, 0.6) is 11.5 Å². The molecule has 0 aliphatic heterocycles. The summed E-state index contributed by atoms with van der Waals surface area (Å²) in [6.45, 7) is 7.39. The Bertz CT molecular complexity index is 928. The number of aromatic hydroxyl groups is 1. The predicted octanol–water partition coefficient (Wildman–Crippen LogP) is 2.33. The van der Waals surface area contributed by atoms with Gasteiger partial charge in [0.2, 0.25) is 0 Å². The summed E-state index contributed by atoms with van der Waals surface area (Å²) in [4.78, 5) is 12.7. The Morgan fingerprint density at radius 1 is 1.19 bits per heavy atom. The molecule has 2 fully saturated rings. The lowest BCUT2D eigenvalue weighted by atomic mass is 9.44. The van der Waals surface area contributed by atoms with E-state index in [-0.39, 0.29) is 35.2 Å². The first-order chi connectivity index (χ1) is 14.4. The van der Waals surface area contributed by atoms with Gasteiger partial charge in [0.1, 0.15) is 29.3 Å². The number of phenolic OH excluding ortho intramolecular Hbond substituents is 1. The van der Waals surface area contributed by atoms with Gasteiger partial charge in [0.05, 0.1) is 19.3 Å². The molecule has 1 unspecified atom stereocenters. The van der Waals surface area contributed by atoms with Crippen LogP contribution in [0.25, 0.3) is 0 Å². The first-order valence-electron chi connectivity index (χ1n) is 10.7. The van der Waals surface area contributed by atoms with E-state index in [1.54, 1.807) is 13.0 Å². The summed E-state index contributed by atoms with van der Waals surface area (Å²) < 4.78 is 10.6. The number of allylic oxidation sites excluding steroid dienone is 1. The van der Waals surface area contributed by atoms with E-state index in [1.165, 1.54) is 13.2 Å². The number of methoxy groups -OCH3 is 1. The van der Waals surface area contributed by atoms with Crippen LogP contribution < -0.4 is 4.74 Å². The molecule has 3 aliphatic carbocycles. The normalized spacial score (nSPS) is 37.9. The van der Waals surface area contributed by atoms with Crippen molar-refractivity contribution in [2.75, 3.05) is 13.7 Å². The summed E-state index contributed by atoms with van der Waals surface area (Å²) >= 11 is 0. The number of hydrogen-bond donors (Lipinski definition) is 4. The van der Waals surface area contributed by atoms with Gasteiger partial charge in [-0.2, -0.15) is 0 Å². The zero-order valence-corrected chi connectivity index (χ0v) is 18.7. The molecule has 7 heteroatoms. The molecule has 170 valence electrons. The number of ether oxygens (including phenoxy) is 2. The maximum absolute atomic E-state index is 12.7. The van der Waals surface area contributed by atoms with E-state index < -0.39 is 29.2 Å². The third kappa shape index (κ3) is 2.93. The minimum Gasteiger partial charge on any atom is -0.507 e. The molecule has 0 radical (unpaired) electrons. The lowest BCUT2D eigenvalue weighted by Gasteiger charge is -2.65. The Kier molecular flexibility index (Phi) is 4.96. The molecule has 1 aromatic rings. The maximum atomic E-state index is 12.7. The van der Waals surface area contributed by atoms with Crippen LogP contribution >= 0.6 is 0 Å². The minimum absolute atomic E-state index is 0.0209. The monoisotopic (exact) mass is 432 g/mol. The van der Waals surface area contributed by atoms with E-state index in [1.807, 2.05) is 26.8 Å². The van der Waals surface area contributed by atoms with Gasteiger partial charge in [-0.05, 0) is 48.3 Å². The second kappa shape index (κ2) is 6.95. The quantitative estimate of drug-likeness (QED) is 0.426. The number of fused-ring (bicyclic) bond motifs is 3. The highest BCUT2D eigenvalue weighted by Crippen LogP contribution is 2.68. The average Bonchev–Trinajstić information content (AvgIpc) is 2.91. The van der Waals surface area contributed by atoms with Crippen molar-refractivity contribution in [1.29, 1.82) is 0 Å². The van der Waals surface area contributed by atoms with Gasteiger partial charge in [0.15, 0.2) is 0 Å². The number of esters is 1. The van der Waals surface area contributed by atoms with E-state index >= 15 is 0 Å². The van der Waals surface area contributed by atoms with Gasteiger partial charge in [-0.15, -0.1) is 0 Å². The second-order valence-electron chi connectivity index (χ2n) is 10.3. The van der Waals surface area contributed by atoms with Crippen molar-refractivity contribution in [2.24, 2.45) is 22.7 Å². The van der Waals surface area contributed by atoms with Gasteiger partial charge in [-0.25, -0.2) is 4.79 Å². The fourth-order valence-corrected chi connectivity index (χ4v) is 6.36. The van der Waals surface area contributed by atoms with Crippen molar-refractivity contribution in [1.82, 2.24) is 0 Å². The maximum Gasteiger partial charge on any atom is 0.342 e. The molecule has 1 aromatic carbocycles. The minimum atomic E-state index is -1.56. The lowest BCUT2D eigenvalue weighted by molar-refractivity contribution is -0.261. The summed E-state index contributed by atoms with van der Waals surface area (Å²) in [5.74, 6) is -0.688. The molecule has 0 amide bonds. The highest BCUT2D eigenvalue weighted by Gasteiger charge is 2.73. The van der Waals surface area contributed by atoms with Crippen LogP contribution in [0.15, 0.2) is 23.8 Å². The fourth-order valence-electron chi connectivity index (χ4n) is 6.36. The third-order valence-corrected chi connectivity index (χ3v) is 8.06. The molecule has 0 bridgehead atoms. The van der Waals surface area contributed by atoms with Crippen LogP contribution in [0.4, 0.5) is 0 Å². The SMILES string of the molecule is COc1cc(C)c(C(=O)OCC2=C[C@@H]3CC(C)(C)[C@H](O)C3[C@@]3(C)C[C@@H](O)[C@@]23O)c(O)c1. The predicted molar refractivity (Wildman–Crippen MR) is 113 cm³/mol. The van der Waals surface area contributed by atoms with Crippen molar-refractivity contribution in [3.63, 3.8) is 0 Å². The molecule has 0 spiro atoms. The smallest absolute Gasteiger partial charge is 0.342 e. The Morgan fingerprint density at radius 2 is 1.87 bits per heavy atom. The summed E-state index contributed by atoms with van der Waals surface area (Å²) in [5.41, 5.74) is -1.58. The summed E-state index contributed by atoms with van der Waals surface area (Å²) in [5, 5.41) is 43.3. The lowest BCUT2D eigenvalue weighted by Crippen LogP contribution is -2.73. The van der Waals surface area contributed by atoms with Crippen LogP contribution in [0.1, 0.15) is 49.5 Å². The largest absolute Gasteiger partial charge is 0.507 e. The Balaban J connectivity index is 1.62. The van der Waals surface area contributed by atoms with Crippen molar-refractivity contribution in [3.8, 4) is 11.5 Å². The number of carbonyl (C=O) groups excluding carboxylic acids is 1. The number of rotatable bonds is 4. The molecule has 6 atom stereocenters. The summed E-state index contributed by atoms with van der Waals surface area (Å²) in [6.07, 6.45) is 1.41. The average molecular weight is 433 g/mol.